The lowest BCUT2D eigenvalue weighted by Gasteiger charge is -2.37. The Balaban J connectivity index is 1.57. The maximum Gasteiger partial charge on any atom is 0.174 e. The van der Waals surface area contributed by atoms with E-state index in [0.29, 0.717) is 16.9 Å². The Kier molecular flexibility index (Phi) is 7.01. The molecule has 2 saturated heterocycles. The molecule has 0 aliphatic carbocycles. The van der Waals surface area contributed by atoms with Crippen LogP contribution in [0, 0.1) is 25.7 Å². The molecule has 0 unspecified atom stereocenters. The number of hydrogen-bond donors (Lipinski definition) is 1. The average molecular weight is 522 g/mol. The van der Waals surface area contributed by atoms with E-state index < -0.39 is 0 Å². The van der Waals surface area contributed by atoms with Crippen molar-refractivity contribution in [3.8, 4) is 0 Å². The van der Waals surface area contributed by atoms with Crippen molar-refractivity contribution in [1.82, 2.24) is 14.9 Å². The van der Waals surface area contributed by atoms with Gasteiger partial charge in [0.25, 0.3) is 0 Å². The number of aryl methyl sites for hydroxylation is 1. The molecule has 5 nitrogen and oxygen atoms in total. The van der Waals surface area contributed by atoms with Crippen LogP contribution in [0.2, 0.25) is 5.02 Å². The Bertz CT molecular complexity index is 1250. The number of benzene rings is 1. The van der Waals surface area contributed by atoms with Crippen LogP contribution in [0.3, 0.4) is 0 Å². The molecule has 2 aliphatic rings. The van der Waals surface area contributed by atoms with Crippen molar-refractivity contribution >= 4 is 40.3 Å². The minimum Gasteiger partial charge on any atom is -0.370 e. The van der Waals surface area contributed by atoms with Gasteiger partial charge in [-0.25, -0.2) is 0 Å². The molecule has 2 aromatic heterocycles. The maximum absolute atomic E-state index is 6.97. The van der Waals surface area contributed by atoms with Crippen molar-refractivity contribution < 1.29 is 0 Å². The average Bonchev–Trinajstić information content (AvgIpc) is 3.33. The van der Waals surface area contributed by atoms with Gasteiger partial charge < -0.3 is 19.7 Å². The lowest BCUT2D eigenvalue weighted by atomic mass is 9.91. The number of anilines is 2. The Morgan fingerprint density at radius 1 is 1.08 bits per heavy atom. The Morgan fingerprint density at radius 2 is 1.83 bits per heavy atom. The molecule has 36 heavy (non-hydrogen) atoms. The van der Waals surface area contributed by atoms with Gasteiger partial charge in [0, 0.05) is 42.9 Å². The lowest BCUT2D eigenvalue weighted by Crippen LogP contribution is -2.38. The number of halogens is 1. The molecule has 0 saturated carbocycles. The van der Waals surface area contributed by atoms with Crippen molar-refractivity contribution in [3.05, 3.63) is 76.3 Å². The predicted octanol–water partition coefficient (Wildman–Crippen LogP) is 6.83. The second kappa shape index (κ2) is 10.1. The maximum atomic E-state index is 6.97. The predicted molar refractivity (Wildman–Crippen MR) is 154 cm³/mol. The fourth-order valence-electron chi connectivity index (χ4n) is 6.32. The largest absolute Gasteiger partial charge is 0.370 e. The summed E-state index contributed by atoms with van der Waals surface area (Å²) in [6.45, 7) is 14.2. The van der Waals surface area contributed by atoms with Crippen LogP contribution in [0.4, 0.5) is 11.4 Å². The normalized spacial score (nSPS) is 24.3. The van der Waals surface area contributed by atoms with Crippen LogP contribution < -0.4 is 15.1 Å². The number of hydrogen-bond acceptors (Lipinski definition) is 3. The zero-order valence-corrected chi connectivity index (χ0v) is 23.4. The summed E-state index contributed by atoms with van der Waals surface area (Å²) in [4.78, 5) is 9.37. The number of rotatable bonds is 5. The molecule has 4 heterocycles. The molecular weight excluding hydrogens is 486 g/mol. The molecule has 2 aliphatic heterocycles. The number of nitrogens with one attached hydrogen (secondary N) is 1. The zero-order valence-electron chi connectivity index (χ0n) is 21.8. The quantitative estimate of drug-likeness (QED) is 0.372. The highest BCUT2D eigenvalue weighted by atomic mass is 35.5. The summed E-state index contributed by atoms with van der Waals surface area (Å²) < 4.78 is 2.36. The van der Waals surface area contributed by atoms with Gasteiger partial charge >= 0.3 is 0 Å². The SMILES string of the molecule is CCn1c(C)cc([C@H]2[C@@H](c3ccccn3)NC(=S)N2c2ccc(N3C[C@H](C)C[C@H](C)C3)c(Cl)c2)c1C. The third kappa shape index (κ3) is 4.50. The first kappa shape index (κ1) is 25.1. The van der Waals surface area contributed by atoms with Gasteiger partial charge in [-0.2, -0.15) is 0 Å². The van der Waals surface area contributed by atoms with E-state index in [1.54, 1.807) is 0 Å². The van der Waals surface area contributed by atoms with Crippen molar-refractivity contribution in [3.63, 3.8) is 0 Å². The van der Waals surface area contributed by atoms with E-state index in [-0.39, 0.29) is 12.1 Å². The summed E-state index contributed by atoms with van der Waals surface area (Å²) in [6.07, 6.45) is 3.12. The van der Waals surface area contributed by atoms with E-state index in [0.717, 1.165) is 41.7 Å². The highest BCUT2D eigenvalue weighted by molar-refractivity contribution is 7.80. The van der Waals surface area contributed by atoms with E-state index in [2.05, 4.69) is 84.6 Å². The molecule has 4 atom stereocenters. The summed E-state index contributed by atoms with van der Waals surface area (Å²) in [5.41, 5.74) is 6.87. The molecule has 7 heteroatoms. The summed E-state index contributed by atoms with van der Waals surface area (Å²) in [5, 5.41) is 5.05. The summed E-state index contributed by atoms with van der Waals surface area (Å²) in [6, 6.07) is 14.7. The second-order valence-electron chi connectivity index (χ2n) is 10.6. The first-order valence-electron chi connectivity index (χ1n) is 13.0. The van der Waals surface area contributed by atoms with Gasteiger partial charge in [0.2, 0.25) is 0 Å². The smallest absolute Gasteiger partial charge is 0.174 e. The summed E-state index contributed by atoms with van der Waals surface area (Å²) >= 11 is 12.9. The molecule has 0 bridgehead atoms. The Morgan fingerprint density at radius 3 is 2.44 bits per heavy atom. The second-order valence-corrected chi connectivity index (χ2v) is 11.3. The van der Waals surface area contributed by atoms with E-state index in [4.69, 9.17) is 28.8 Å². The fourth-order valence-corrected chi connectivity index (χ4v) is 6.96. The number of nitrogens with zero attached hydrogens (tertiary/aromatic N) is 4. The molecule has 0 amide bonds. The molecule has 190 valence electrons. The third-order valence-corrected chi connectivity index (χ3v) is 8.38. The van der Waals surface area contributed by atoms with Gasteiger partial charge in [0.1, 0.15) is 0 Å². The number of piperidine rings is 1. The van der Waals surface area contributed by atoms with Gasteiger partial charge in [0.15, 0.2) is 5.11 Å². The number of aromatic nitrogens is 2. The molecule has 5 rings (SSSR count). The van der Waals surface area contributed by atoms with Gasteiger partial charge in [-0.1, -0.05) is 31.5 Å². The van der Waals surface area contributed by atoms with E-state index in [1.807, 2.05) is 18.3 Å². The van der Waals surface area contributed by atoms with Crippen LogP contribution in [0.1, 0.15) is 61.9 Å². The molecule has 0 radical (unpaired) electrons. The van der Waals surface area contributed by atoms with Crippen molar-refractivity contribution in [2.45, 2.75) is 59.7 Å². The minimum atomic E-state index is -0.0632. The molecule has 0 spiro atoms. The standard InChI is InChI=1S/C29H36ClN5S/c1-6-34-20(4)14-23(21(34)5)28-27(25-9-7-8-12-31-25)32-29(36)35(28)22-10-11-26(24(30)15-22)33-16-18(2)13-19(3)17-33/h7-12,14-15,18-19,27-28H,6,13,16-17H2,1-5H3,(H,32,36)/t18-,19+,27-,28+/m1/s1. The Hall–Kier alpha value is -2.57. The monoisotopic (exact) mass is 521 g/mol. The summed E-state index contributed by atoms with van der Waals surface area (Å²) in [5.74, 6) is 1.33. The van der Waals surface area contributed by atoms with Gasteiger partial charge in [-0.05, 0) is 93.2 Å². The molecular formula is C29H36ClN5S. The van der Waals surface area contributed by atoms with Gasteiger partial charge in [0.05, 0.1) is 28.5 Å². The van der Waals surface area contributed by atoms with Gasteiger partial charge in [-0.15, -0.1) is 0 Å². The van der Waals surface area contributed by atoms with E-state index in [1.165, 1.54) is 23.4 Å². The highest BCUT2D eigenvalue weighted by Crippen LogP contribution is 2.45. The highest BCUT2D eigenvalue weighted by Gasteiger charge is 2.42. The minimum absolute atomic E-state index is 0.0316. The topological polar surface area (TPSA) is 36.3 Å². The molecule has 2 fully saturated rings. The summed E-state index contributed by atoms with van der Waals surface area (Å²) in [7, 11) is 0. The molecule has 1 aromatic carbocycles. The van der Waals surface area contributed by atoms with Crippen LogP contribution >= 0.6 is 23.8 Å². The van der Waals surface area contributed by atoms with Crippen molar-refractivity contribution in [1.29, 1.82) is 0 Å². The fraction of sp³-hybridized carbons (Fsp3) is 0.448. The van der Waals surface area contributed by atoms with E-state index >= 15 is 0 Å². The van der Waals surface area contributed by atoms with Crippen LogP contribution in [0.5, 0.6) is 0 Å². The Labute approximate surface area is 225 Å². The number of thiocarbonyl (C=S) groups is 1. The van der Waals surface area contributed by atoms with Crippen LogP contribution in [-0.2, 0) is 6.54 Å². The van der Waals surface area contributed by atoms with E-state index in [9.17, 15) is 0 Å². The van der Waals surface area contributed by atoms with Gasteiger partial charge in [-0.3, -0.25) is 4.98 Å². The third-order valence-electron chi connectivity index (χ3n) is 7.76. The molecule has 1 N–H and O–H groups in total. The first-order valence-corrected chi connectivity index (χ1v) is 13.8. The van der Waals surface area contributed by atoms with Crippen LogP contribution in [-0.4, -0.2) is 27.8 Å². The van der Waals surface area contributed by atoms with Crippen LogP contribution in [0.25, 0.3) is 0 Å². The zero-order chi connectivity index (χ0) is 25.6. The van der Waals surface area contributed by atoms with Crippen LogP contribution in [0.15, 0.2) is 48.7 Å². The lowest BCUT2D eigenvalue weighted by molar-refractivity contribution is 0.357. The molecule has 3 aromatic rings. The van der Waals surface area contributed by atoms with Crippen molar-refractivity contribution in [2.75, 3.05) is 22.9 Å². The first-order chi connectivity index (χ1) is 17.3. The number of pyridine rings is 1. The van der Waals surface area contributed by atoms with Crippen molar-refractivity contribution in [2.24, 2.45) is 11.8 Å².